The molecule has 56 valence electrons. The highest BCUT2D eigenvalue weighted by atomic mass is 35.5. The molecule has 9 heavy (non-hydrogen) atoms. The molecule has 0 bridgehead atoms. The van der Waals surface area contributed by atoms with Crippen molar-refractivity contribution in [3.8, 4) is 0 Å². The molecule has 0 rings (SSSR count). The molecule has 0 aliphatic rings. The molecule has 0 spiro atoms. The van der Waals surface area contributed by atoms with Crippen molar-refractivity contribution in [3.63, 3.8) is 0 Å². The highest BCUT2D eigenvalue weighted by Crippen LogP contribution is 1.68. The lowest BCUT2D eigenvalue weighted by atomic mass is 10.6. The van der Waals surface area contributed by atoms with E-state index >= 15 is 0 Å². The number of carbonyl (C=O) groups excluding carboxylic acids is 1. The van der Waals surface area contributed by atoms with E-state index in [9.17, 15) is 4.79 Å². The predicted molar refractivity (Wildman–Crippen MR) is 27.5 cm³/mol. The van der Waals surface area contributed by atoms with E-state index in [0.29, 0.717) is 0 Å². The van der Waals surface area contributed by atoms with Gasteiger partial charge in [0.25, 0.3) is 5.91 Å². The molecule has 0 aliphatic carbocycles. The van der Waals surface area contributed by atoms with Crippen LogP contribution in [0.2, 0.25) is 0 Å². The Hall–Kier alpha value is -0.280. The third-order valence-corrected chi connectivity index (χ3v) is 0.564. The van der Waals surface area contributed by atoms with Crippen molar-refractivity contribution >= 4 is 12.1 Å². The van der Waals surface area contributed by atoms with Gasteiger partial charge in [-0.2, -0.15) is 0 Å². The van der Waals surface area contributed by atoms with Crippen molar-refractivity contribution in [2.24, 2.45) is 0 Å². The van der Waals surface area contributed by atoms with E-state index in [1.165, 1.54) is 4.90 Å². The molecular formula is C4H8Cl2N2O-2. The summed E-state index contributed by atoms with van der Waals surface area (Å²) in [4.78, 5) is 11.5. The van der Waals surface area contributed by atoms with Crippen molar-refractivity contribution < 1.29 is 29.6 Å². The second kappa shape index (κ2) is 7.72. The minimum Gasteiger partial charge on any atom is -1.00 e. The Morgan fingerprint density at radius 2 is 1.78 bits per heavy atom. The van der Waals surface area contributed by atoms with Crippen LogP contribution in [0.5, 0.6) is 0 Å². The van der Waals surface area contributed by atoms with Crippen LogP contribution in [0, 0.1) is 5.41 Å². The van der Waals surface area contributed by atoms with Gasteiger partial charge in [-0.15, -0.1) is 0 Å². The summed E-state index contributed by atoms with van der Waals surface area (Å²) in [5, 5.41) is 6.42. The number of rotatable bonds is 1. The average Bonchev–Trinajstić information content (AvgIpc) is 1.65. The van der Waals surface area contributed by atoms with Gasteiger partial charge >= 0.3 is 0 Å². The van der Waals surface area contributed by atoms with Crippen molar-refractivity contribution in [1.82, 2.24) is 4.90 Å². The number of carbonyl (C=O) groups is 1. The van der Waals surface area contributed by atoms with Crippen LogP contribution in [0.25, 0.3) is 0 Å². The molecule has 0 atom stereocenters. The Labute approximate surface area is 66.7 Å². The second-order valence-electron chi connectivity index (χ2n) is 1.38. The number of amides is 1. The summed E-state index contributed by atoms with van der Waals surface area (Å²) in [6, 6.07) is 0. The lowest BCUT2D eigenvalue weighted by molar-refractivity contribution is -0.121. The highest BCUT2D eigenvalue weighted by molar-refractivity contribution is 6.24. The van der Waals surface area contributed by atoms with Gasteiger partial charge in [0.05, 0.1) is 6.21 Å². The monoisotopic (exact) mass is 170 g/mol. The van der Waals surface area contributed by atoms with Gasteiger partial charge in [-0.05, 0) is 0 Å². The number of hydrogen-bond acceptors (Lipinski definition) is 2. The fourth-order valence-corrected chi connectivity index (χ4v) is 0.129. The molecule has 0 aromatic carbocycles. The zero-order valence-corrected chi connectivity index (χ0v) is 6.70. The van der Waals surface area contributed by atoms with Gasteiger partial charge in [-0.1, -0.05) is 0 Å². The van der Waals surface area contributed by atoms with Gasteiger partial charge in [0.15, 0.2) is 0 Å². The summed E-state index contributed by atoms with van der Waals surface area (Å²) in [6.07, 6.45) is 0.778. The zero-order chi connectivity index (χ0) is 5.86. The van der Waals surface area contributed by atoms with Crippen molar-refractivity contribution in [3.05, 3.63) is 0 Å². The first-order valence-electron chi connectivity index (χ1n) is 1.90. The average molecular weight is 171 g/mol. The van der Waals surface area contributed by atoms with Crippen LogP contribution in [0.4, 0.5) is 0 Å². The van der Waals surface area contributed by atoms with Crippen LogP contribution in [0.3, 0.4) is 0 Å². The molecule has 0 heterocycles. The first kappa shape index (κ1) is 15.9. The second-order valence-corrected chi connectivity index (χ2v) is 1.38. The fraction of sp³-hybridized carbons (Fsp3) is 0.500. The van der Waals surface area contributed by atoms with E-state index < -0.39 is 0 Å². The van der Waals surface area contributed by atoms with Crippen LogP contribution < -0.4 is 24.8 Å². The summed E-state index contributed by atoms with van der Waals surface area (Å²) in [5.41, 5.74) is 0. The Balaban J connectivity index is -0.000000180. The Morgan fingerprint density at radius 1 is 1.44 bits per heavy atom. The highest BCUT2D eigenvalue weighted by Gasteiger charge is 1.93. The first-order valence-corrected chi connectivity index (χ1v) is 1.90. The van der Waals surface area contributed by atoms with E-state index in [1.807, 2.05) is 0 Å². The summed E-state index contributed by atoms with van der Waals surface area (Å²) in [6.45, 7) is 0. The van der Waals surface area contributed by atoms with Crippen molar-refractivity contribution in [2.75, 3.05) is 14.1 Å². The molecule has 3 nitrogen and oxygen atoms in total. The van der Waals surface area contributed by atoms with Crippen molar-refractivity contribution in [2.45, 2.75) is 0 Å². The fourth-order valence-electron chi connectivity index (χ4n) is 0.129. The zero-order valence-electron chi connectivity index (χ0n) is 5.19. The lowest BCUT2D eigenvalue weighted by Crippen LogP contribution is -3.00. The Morgan fingerprint density at radius 3 is 1.78 bits per heavy atom. The molecule has 1 amide bonds. The SMILES string of the molecule is CN(C)C(=O)C=N.[Cl-].[Cl-]. The smallest absolute Gasteiger partial charge is 0.263 e. The molecule has 0 fully saturated rings. The summed E-state index contributed by atoms with van der Waals surface area (Å²) in [5.74, 6) is -0.278. The Kier molecular flexibility index (Phi) is 13.6. The lowest BCUT2D eigenvalue weighted by Gasteiger charge is -2.02. The molecule has 0 unspecified atom stereocenters. The molecule has 5 heteroatoms. The number of halogens is 2. The van der Waals surface area contributed by atoms with Gasteiger partial charge in [-0.3, -0.25) is 4.79 Å². The molecule has 0 saturated heterocycles. The van der Waals surface area contributed by atoms with Crippen LogP contribution >= 0.6 is 0 Å². The molecule has 0 saturated carbocycles. The maximum Gasteiger partial charge on any atom is 0.263 e. The minimum absolute atomic E-state index is 0. The largest absolute Gasteiger partial charge is 1.00 e. The van der Waals surface area contributed by atoms with E-state index in [1.54, 1.807) is 14.1 Å². The summed E-state index contributed by atoms with van der Waals surface area (Å²) < 4.78 is 0. The van der Waals surface area contributed by atoms with E-state index in [0.717, 1.165) is 6.21 Å². The van der Waals surface area contributed by atoms with Crippen LogP contribution in [0.15, 0.2) is 0 Å². The van der Waals surface area contributed by atoms with E-state index in [4.69, 9.17) is 5.41 Å². The third-order valence-electron chi connectivity index (χ3n) is 0.564. The van der Waals surface area contributed by atoms with Crippen molar-refractivity contribution in [1.29, 1.82) is 5.41 Å². The molecule has 0 aromatic rings. The Bertz CT molecular complexity index is 94.6. The van der Waals surface area contributed by atoms with Gasteiger partial charge in [-0.25, -0.2) is 0 Å². The number of nitrogens with zero attached hydrogens (tertiary/aromatic N) is 1. The molecule has 0 aromatic heterocycles. The van der Waals surface area contributed by atoms with Crippen LogP contribution in [0.1, 0.15) is 0 Å². The van der Waals surface area contributed by atoms with E-state index in [-0.39, 0.29) is 30.7 Å². The minimum atomic E-state index is -0.278. The quantitative estimate of drug-likeness (QED) is 0.392. The maximum absolute atomic E-state index is 10.2. The van der Waals surface area contributed by atoms with Crippen LogP contribution in [-0.4, -0.2) is 31.1 Å². The molecule has 0 radical (unpaired) electrons. The topological polar surface area (TPSA) is 44.2 Å². The molecular weight excluding hydrogens is 163 g/mol. The summed E-state index contributed by atoms with van der Waals surface area (Å²) in [7, 11) is 3.21. The number of hydrogen-bond donors (Lipinski definition) is 1. The molecule has 1 N–H and O–H groups in total. The van der Waals surface area contributed by atoms with E-state index in [2.05, 4.69) is 0 Å². The normalized spacial score (nSPS) is 6.00. The predicted octanol–water partition coefficient (Wildman–Crippen LogP) is -6.27. The van der Waals surface area contributed by atoms with Gasteiger partial charge in [0, 0.05) is 14.1 Å². The maximum atomic E-state index is 10.2. The first-order chi connectivity index (χ1) is 3.18. The van der Waals surface area contributed by atoms with Crippen LogP contribution in [-0.2, 0) is 4.79 Å². The van der Waals surface area contributed by atoms with Gasteiger partial charge in [0.2, 0.25) is 0 Å². The number of nitrogens with one attached hydrogen (secondary N) is 1. The third kappa shape index (κ3) is 7.72. The summed E-state index contributed by atoms with van der Waals surface area (Å²) >= 11 is 0. The molecule has 0 aliphatic heterocycles. The van der Waals surface area contributed by atoms with Gasteiger partial charge in [0.1, 0.15) is 0 Å². The van der Waals surface area contributed by atoms with Gasteiger partial charge < -0.3 is 35.1 Å². The standard InChI is InChI=1S/C4H8N2O.2ClH/c1-6(2)4(7)3-5;;/h3,5H,1-2H3;2*1H/p-2.